The lowest BCUT2D eigenvalue weighted by Gasteiger charge is -2.08. The fourth-order valence-electron chi connectivity index (χ4n) is 1.97. The van der Waals surface area contributed by atoms with E-state index in [9.17, 15) is 9.59 Å². The van der Waals surface area contributed by atoms with Crippen molar-refractivity contribution in [3.63, 3.8) is 0 Å². The summed E-state index contributed by atoms with van der Waals surface area (Å²) in [6, 6.07) is 14.5. The number of nitrogens with one attached hydrogen (secondary N) is 1. The molecule has 0 aliphatic heterocycles. The molecule has 120 valence electrons. The number of amides is 2. The highest BCUT2D eigenvalue weighted by Gasteiger charge is 2.04. The first-order valence-corrected chi connectivity index (χ1v) is 7.39. The van der Waals surface area contributed by atoms with Gasteiger partial charge >= 0.3 is 0 Å². The van der Waals surface area contributed by atoms with Gasteiger partial charge in [0.25, 0.3) is 0 Å². The maximum atomic E-state index is 11.8. The molecular formula is C18H20N2O3. The van der Waals surface area contributed by atoms with Gasteiger partial charge in [0.2, 0.25) is 11.8 Å². The number of carbonyl (C=O) groups excluding carboxylic acids is 2. The lowest BCUT2D eigenvalue weighted by molar-refractivity contribution is -0.121. The minimum absolute atomic E-state index is 0.0870. The smallest absolute Gasteiger partial charge is 0.248 e. The molecule has 0 bridgehead atoms. The van der Waals surface area contributed by atoms with Gasteiger partial charge in [-0.3, -0.25) is 9.59 Å². The van der Waals surface area contributed by atoms with E-state index in [1.54, 1.807) is 24.3 Å². The lowest BCUT2D eigenvalue weighted by atomic mass is 10.1. The number of benzene rings is 2. The zero-order chi connectivity index (χ0) is 16.7. The van der Waals surface area contributed by atoms with E-state index >= 15 is 0 Å². The molecule has 2 amide bonds. The fraction of sp³-hybridized carbons (Fsp3) is 0.222. The standard InChI is InChI=1S/C18H20N2O3/c1-13-2-8-16(9-3-13)23-11-10-17(21)20-12-14-4-6-15(7-5-14)18(19)22/h2-9H,10-12H2,1H3,(H2,19,22)(H,20,21). The molecule has 0 unspecified atom stereocenters. The van der Waals surface area contributed by atoms with Crippen molar-refractivity contribution >= 4 is 11.8 Å². The van der Waals surface area contributed by atoms with E-state index in [0.717, 1.165) is 16.9 Å². The Morgan fingerprint density at radius 3 is 2.30 bits per heavy atom. The SMILES string of the molecule is Cc1ccc(OCCC(=O)NCc2ccc(C(N)=O)cc2)cc1. The monoisotopic (exact) mass is 312 g/mol. The predicted octanol–water partition coefficient (Wildman–Crippen LogP) is 2.18. The summed E-state index contributed by atoms with van der Waals surface area (Å²) in [5.74, 6) is 0.204. The highest BCUT2D eigenvalue weighted by Crippen LogP contribution is 2.11. The van der Waals surface area contributed by atoms with Crippen LogP contribution in [0.2, 0.25) is 0 Å². The molecule has 0 saturated carbocycles. The molecule has 0 atom stereocenters. The van der Waals surface area contributed by atoms with E-state index in [4.69, 9.17) is 10.5 Å². The summed E-state index contributed by atoms with van der Waals surface area (Å²) in [6.45, 7) is 2.74. The Bertz CT molecular complexity index is 664. The highest BCUT2D eigenvalue weighted by atomic mass is 16.5. The predicted molar refractivity (Wildman–Crippen MR) is 88.1 cm³/mol. The molecule has 0 aromatic heterocycles. The van der Waals surface area contributed by atoms with Gasteiger partial charge in [-0.05, 0) is 36.8 Å². The van der Waals surface area contributed by atoms with Gasteiger partial charge in [-0.25, -0.2) is 0 Å². The normalized spacial score (nSPS) is 10.1. The van der Waals surface area contributed by atoms with Crippen LogP contribution in [0.15, 0.2) is 48.5 Å². The third-order valence-electron chi connectivity index (χ3n) is 3.35. The van der Waals surface area contributed by atoms with E-state index in [1.807, 2.05) is 31.2 Å². The molecule has 0 fully saturated rings. The summed E-state index contributed by atoms with van der Waals surface area (Å²) in [6.07, 6.45) is 0.285. The van der Waals surface area contributed by atoms with Crippen molar-refractivity contribution in [1.29, 1.82) is 0 Å². The Hall–Kier alpha value is -2.82. The van der Waals surface area contributed by atoms with Crippen molar-refractivity contribution < 1.29 is 14.3 Å². The second kappa shape index (κ2) is 7.98. The molecule has 23 heavy (non-hydrogen) atoms. The Balaban J connectivity index is 1.70. The molecule has 5 heteroatoms. The van der Waals surface area contributed by atoms with E-state index in [2.05, 4.69) is 5.32 Å². The van der Waals surface area contributed by atoms with Crippen molar-refractivity contribution in [3.8, 4) is 5.75 Å². The van der Waals surface area contributed by atoms with Crippen LogP contribution in [0.5, 0.6) is 5.75 Å². The number of hydrogen-bond acceptors (Lipinski definition) is 3. The molecule has 5 nitrogen and oxygen atoms in total. The van der Waals surface area contributed by atoms with Gasteiger partial charge in [0.15, 0.2) is 0 Å². The van der Waals surface area contributed by atoms with Crippen LogP contribution in [-0.2, 0) is 11.3 Å². The first kappa shape index (κ1) is 16.5. The lowest BCUT2D eigenvalue weighted by Crippen LogP contribution is -2.24. The maximum Gasteiger partial charge on any atom is 0.248 e. The minimum Gasteiger partial charge on any atom is -0.493 e. The molecule has 2 aromatic carbocycles. The Kier molecular flexibility index (Phi) is 5.74. The Labute approximate surface area is 135 Å². The summed E-state index contributed by atoms with van der Waals surface area (Å²) in [5, 5.41) is 2.81. The summed E-state index contributed by atoms with van der Waals surface area (Å²) in [5.41, 5.74) is 7.69. The van der Waals surface area contributed by atoms with Crippen LogP contribution in [0.3, 0.4) is 0 Å². The first-order valence-electron chi connectivity index (χ1n) is 7.39. The number of carbonyl (C=O) groups is 2. The second-order valence-electron chi connectivity index (χ2n) is 5.25. The third-order valence-corrected chi connectivity index (χ3v) is 3.35. The molecule has 0 aliphatic carbocycles. The molecule has 3 N–H and O–H groups in total. The van der Waals surface area contributed by atoms with E-state index < -0.39 is 5.91 Å². The topological polar surface area (TPSA) is 81.4 Å². The number of ether oxygens (including phenoxy) is 1. The molecule has 2 aromatic rings. The van der Waals surface area contributed by atoms with Crippen LogP contribution in [-0.4, -0.2) is 18.4 Å². The van der Waals surface area contributed by atoms with E-state index in [1.165, 1.54) is 0 Å². The summed E-state index contributed by atoms with van der Waals surface area (Å²) in [7, 11) is 0. The molecule has 0 aliphatic rings. The quantitative estimate of drug-likeness (QED) is 0.822. The molecule has 0 heterocycles. The van der Waals surface area contributed by atoms with Crippen molar-refractivity contribution in [2.24, 2.45) is 5.73 Å². The largest absolute Gasteiger partial charge is 0.493 e. The van der Waals surface area contributed by atoms with E-state index in [-0.39, 0.29) is 12.3 Å². The zero-order valence-corrected chi connectivity index (χ0v) is 13.0. The van der Waals surface area contributed by atoms with Gasteiger partial charge in [0.1, 0.15) is 5.75 Å². The van der Waals surface area contributed by atoms with Gasteiger partial charge < -0.3 is 15.8 Å². The maximum absolute atomic E-state index is 11.8. The molecule has 0 radical (unpaired) electrons. The average Bonchev–Trinajstić information content (AvgIpc) is 2.55. The number of primary amides is 1. The number of aryl methyl sites for hydroxylation is 1. The van der Waals surface area contributed by atoms with Gasteiger partial charge in [0, 0.05) is 12.1 Å². The van der Waals surface area contributed by atoms with Crippen LogP contribution in [0, 0.1) is 6.92 Å². The van der Waals surface area contributed by atoms with Crippen LogP contribution in [0.25, 0.3) is 0 Å². The average molecular weight is 312 g/mol. The summed E-state index contributed by atoms with van der Waals surface area (Å²) < 4.78 is 5.51. The Morgan fingerprint density at radius 1 is 1.04 bits per heavy atom. The zero-order valence-electron chi connectivity index (χ0n) is 13.0. The van der Waals surface area contributed by atoms with Gasteiger partial charge in [-0.15, -0.1) is 0 Å². The minimum atomic E-state index is -0.464. The van der Waals surface area contributed by atoms with Gasteiger partial charge in [-0.2, -0.15) is 0 Å². The number of hydrogen-bond donors (Lipinski definition) is 2. The Morgan fingerprint density at radius 2 is 1.70 bits per heavy atom. The van der Waals surface area contributed by atoms with Crippen molar-refractivity contribution in [3.05, 3.63) is 65.2 Å². The first-order chi connectivity index (χ1) is 11.0. The van der Waals surface area contributed by atoms with Crippen molar-refractivity contribution in [1.82, 2.24) is 5.32 Å². The van der Waals surface area contributed by atoms with Gasteiger partial charge in [-0.1, -0.05) is 29.8 Å². The summed E-state index contributed by atoms with van der Waals surface area (Å²) >= 11 is 0. The van der Waals surface area contributed by atoms with Crippen LogP contribution >= 0.6 is 0 Å². The van der Waals surface area contributed by atoms with Crippen LogP contribution in [0.4, 0.5) is 0 Å². The second-order valence-corrected chi connectivity index (χ2v) is 5.25. The van der Waals surface area contributed by atoms with Crippen molar-refractivity contribution in [2.45, 2.75) is 19.9 Å². The number of rotatable bonds is 7. The van der Waals surface area contributed by atoms with Gasteiger partial charge in [0.05, 0.1) is 13.0 Å². The van der Waals surface area contributed by atoms with Crippen LogP contribution < -0.4 is 15.8 Å². The molecule has 0 saturated heterocycles. The number of nitrogens with two attached hydrogens (primary N) is 1. The molecule has 0 spiro atoms. The van der Waals surface area contributed by atoms with Crippen LogP contribution in [0.1, 0.15) is 27.9 Å². The van der Waals surface area contributed by atoms with E-state index in [0.29, 0.717) is 18.7 Å². The molecular weight excluding hydrogens is 292 g/mol. The third kappa shape index (κ3) is 5.47. The highest BCUT2D eigenvalue weighted by molar-refractivity contribution is 5.92. The fourth-order valence-corrected chi connectivity index (χ4v) is 1.97. The molecule has 2 rings (SSSR count). The summed E-state index contributed by atoms with van der Waals surface area (Å²) in [4.78, 5) is 22.7. The van der Waals surface area contributed by atoms with Crippen molar-refractivity contribution in [2.75, 3.05) is 6.61 Å².